The van der Waals surface area contributed by atoms with Gasteiger partial charge in [0.1, 0.15) is 11.2 Å². The second kappa shape index (κ2) is 2.72. The molecule has 4 heteroatoms. The minimum Gasteiger partial charge on any atom is -0.245 e. The Labute approximate surface area is 84.5 Å². The van der Waals surface area contributed by atoms with Crippen LogP contribution in [0.5, 0.6) is 0 Å². The van der Waals surface area contributed by atoms with Gasteiger partial charge in [-0.3, -0.25) is 0 Å². The van der Waals surface area contributed by atoms with E-state index in [0.717, 1.165) is 20.4 Å². The van der Waals surface area contributed by atoms with Gasteiger partial charge in [0.25, 0.3) is 0 Å². The first-order valence-corrected chi connectivity index (χ1v) is 5.12. The molecule has 0 saturated heterocycles. The summed E-state index contributed by atoms with van der Waals surface area (Å²) in [5.74, 6) is 0. The molecule has 3 rings (SSSR count). The summed E-state index contributed by atoms with van der Waals surface area (Å²) in [7, 11) is 0. The van der Waals surface area contributed by atoms with E-state index in [4.69, 9.17) is 0 Å². The number of fused-ring (bicyclic) bond motifs is 3. The molecule has 0 aliphatic heterocycles. The molecule has 3 heterocycles. The Morgan fingerprint density at radius 3 is 3.14 bits per heavy atom. The molecular weight excluding hydrogens is 194 g/mol. The number of rotatable bonds is 0. The minimum absolute atomic E-state index is 1.02. The van der Waals surface area contributed by atoms with Crippen LogP contribution in [-0.2, 0) is 0 Å². The summed E-state index contributed by atoms with van der Waals surface area (Å²) in [5.41, 5.74) is 2.24. The van der Waals surface area contributed by atoms with Crippen LogP contribution in [0.3, 0.4) is 0 Å². The van der Waals surface area contributed by atoms with Crippen molar-refractivity contribution in [3.63, 3.8) is 0 Å². The maximum Gasteiger partial charge on any atom is 0.126 e. The van der Waals surface area contributed by atoms with E-state index < -0.39 is 0 Å². The average molecular weight is 201 g/mol. The summed E-state index contributed by atoms with van der Waals surface area (Å²) in [4.78, 5) is 13.7. The van der Waals surface area contributed by atoms with Gasteiger partial charge < -0.3 is 0 Å². The summed E-state index contributed by atoms with van der Waals surface area (Å²) >= 11 is 1.64. The largest absolute Gasteiger partial charge is 0.245 e. The highest BCUT2D eigenvalue weighted by atomic mass is 32.1. The lowest BCUT2D eigenvalue weighted by Gasteiger charge is -1.93. The fraction of sp³-hybridized carbons (Fsp3) is 0.100. The van der Waals surface area contributed by atoms with Crippen molar-refractivity contribution >= 4 is 31.8 Å². The fourth-order valence-electron chi connectivity index (χ4n) is 1.58. The Morgan fingerprint density at radius 2 is 2.21 bits per heavy atom. The molecule has 0 amide bonds. The Hall–Kier alpha value is -1.55. The molecule has 0 unspecified atom stereocenters. The summed E-state index contributed by atoms with van der Waals surface area (Å²) in [5, 5.41) is 1.16. The Kier molecular flexibility index (Phi) is 1.52. The second-order valence-electron chi connectivity index (χ2n) is 3.15. The molecule has 3 aromatic heterocycles. The van der Waals surface area contributed by atoms with Crippen LogP contribution >= 0.6 is 11.3 Å². The maximum atomic E-state index is 4.33. The van der Waals surface area contributed by atoms with Crippen molar-refractivity contribution in [3.05, 3.63) is 30.4 Å². The molecule has 0 aromatic carbocycles. The first kappa shape index (κ1) is 7.82. The topological polar surface area (TPSA) is 38.7 Å². The molecule has 0 bridgehead atoms. The van der Waals surface area contributed by atoms with Gasteiger partial charge >= 0.3 is 0 Å². The van der Waals surface area contributed by atoms with E-state index in [0.29, 0.717) is 0 Å². The van der Waals surface area contributed by atoms with E-state index >= 15 is 0 Å². The first-order valence-electron chi connectivity index (χ1n) is 4.30. The molecule has 0 aliphatic carbocycles. The van der Waals surface area contributed by atoms with E-state index in [9.17, 15) is 0 Å². The molecule has 14 heavy (non-hydrogen) atoms. The lowest BCUT2D eigenvalue weighted by molar-refractivity contribution is 1.23. The van der Waals surface area contributed by atoms with E-state index in [2.05, 4.69) is 21.9 Å². The smallest absolute Gasteiger partial charge is 0.126 e. The fourth-order valence-corrected chi connectivity index (χ4v) is 2.63. The molecule has 0 atom stereocenters. The predicted octanol–water partition coefficient (Wildman–Crippen LogP) is 2.55. The van der Waals surface area contributed by atoms with Crippen molar-refractivity contribution < 1.29 is 0 Å². The van der Waals surface area contributed by atoms with Crippen molar-refractivity contribution in [2.75, 3.05) is 0 Å². The second-order valence-corrected chi connectivity index (χ2v) is 4.18. The highest BCUT2D eigenvalue weighted by molar-refractivity contribution is 7.25. The Balaban J connectivity index is 2.65. The van der Waals surface area contributed by atoms with Crippen molar-refractivity contribution in [2.45, 2.75) is 6.92 Å². The van der Waals surface area contributed by atoms with E-state index in [-0.39, 0.29) is 0 Å². The van der Waals surface area contributed by atoms with Crippen molar-refractivity contribution in [1.29, 1.82) is 0 Å². The number of hydrogen-bond donors (Lipinski definition) is 0. The summed E-state index contributed by atoms with van der Waals surface area (Å²) in [6, 6.07) is 2.01. The van der Waals surface area contributed by atoms with Crippen LogP contribution in [0.2, 0.25) is 0 Å². The normalized spacial score (nSPS) is 11.2. The zero-order valence-corrected chi connectivity index (χ0v) is 8.38. The number of pyridine rings is 1. The summed E-state index contributed by atoms with van der Waals surface area (Å²) in [6.45, 7) is 2.08. The molecule has 0 fully saturated rings. The van der Waals surface area contributed by atoms with Gasteiger partial charge in [0.05, 0.1) is 10.2 Å². The highest BCUT2D eigenvalue weighted by Gasteiger charge is 2.08. The molecule has 0 N–H and O–H groups in total. The third kappa shape index (κ3) is 0.943. The van der Waals surface area contributed by atoms with Gasteiger partial charge in [-0.25, -0.2) is 15.0 Å². The monoisotopic (exact) mass is 201 g/mol. The number of aryl methyl sites for hydroxylation is 1. The average Bonchev–Trinajstić information content (AvgIpc) is 2.57. The number of thiophene rings is 1. The van der Waals surface area contributed by atoms with Gasteiger partial charge in [-0.15, -0.1) is 11.3 Å². The molecular formula is C10H7N3S. The van der Waals surface area contributed by atoms with Crippen LogP contribution in [0.25, 0.3) is 20.4 Å². The zero-order chi connectivity index (χ0) is 9.54. The number of nitrogens with zero attached hydrogens (tertiary/aromatic N) is 3. The van der Waals surface area contributed by atoms with Gasteiger partial charge in [-0.1, -0.05) is 0 Å². The third-order valence-corrected chi connectivity index (χ3v) is 3.27. The molecule has 0 aliphatic rings. The molecule has 0 radical (unpaired) electrons. The van der Waals surface area contributed by atoms with Crippen molar-refractivity contribution in [1.82, 2.24) is 15.0 Å². The van der Waals surface area contributed by atoms with Crippen LogP contribution < -0.4 is 0 Å². The van der Waals surface area contributed by atoms with Gasteiger partial charge in [0, 0.05) is 17.8 Å². The molecule has 0 saturated carbocycles. The predicted molar refractivity (Wildman–Crippen MR) is 57.5 cm³/mol. The van der Waals surface area contributed by atoms with Gasteiger partial charge in [-0.05, 0) is 18.6 Å². The third-order valence-electron chi connectivity index (χ3n) is 2.25. The lowest BCUT2D eigenvalue weighted by atomic mass is 10.2. The summed E-state index contributed by atoms with van der Waals surface area (Å²) in [6.07, 6.45) is 5.26. The van der Waals surface area contributed by atoms with Crippen molar-refractivity contribution in [2.24, 2.45) is 0 Å². The quantitative estimate of drug-likeness (QED) is 0.561. The van der Waals surface area contributed by atoms with Crippen LogP contribution in [0.15, 0.2) is 24.8 Å². The van der Waals surface area contributed by atoms with Gasteiger partial charge in [0.2, 0.25) is 0 Å². The number of hydrogen-bond acceptors (Lipinski definition) is 4. The maximum absolute atomic E-state index is 4.33. The minimum atomic E-state index is 1.02. The number of aromatic nitrogens is 3. The van der Waals surface area contributed by atoms with Crippen LogP contribution in [0, 0.1) is 6.92 Å². The van der Waals surface area contributed by atoms with Gasteiger partial charge in [-0.2, -0.15) is 0 Å². The summed E-state index contributed by atoms with van der Waals surface area (Å²) < 4.78 is 1.10. The zero-order valence-electron chi connectivity index (χ0n) is 7.56. The lowest BCUT2D eigenvalue weighted by Crippen LogP contribution is -1.79. The van der Waals surface area contributed by atoms with E-state index in [1.807, 2.05) is 18.5 Å². The molecule has 3 aromatic rings. The molecule has 0 spiro atoms. The van der Waals surface area contributed by atoms with Gasteiger partial charge in [0.15, 0.2) is 0 Å². The standard InChI is InChI=1S/C10H7N3S/c1-6-2-3-12-10-8(6)9-7(14-10)4-11-5-13-9/h2-5H,1H3. The SMILES string of the molecule is Cc1ccnc2sc3cncnc3c12. The van der Waals surface area contributed by atoms with Crippen LogP contribution in [0.1, 0.15) is 5.56 Å². The molecule has 68 valence electrons. The first-order chi connectivity index (χ1) is 6.86. The van der Waals surface area contributed by atoms with Crippen LogP contribution in [0.4, 0.5) is 0 Å². The molecule has 3 nitrogen and oxygen atoms in total. The Morgan fingerprint density at radius 1 is 1.29 bits per heavy atom. The van der Waals surface area contributed by atoms with Crippen molar-refractivity contribution in [3.8, 4) is 0 Å². The van der Waals surface area contributed by atoms with E-state index in [1.54, 1.807) is 17.7 Å². The van der Waals surface area contributed by atoms with E-state index in [1.165, 1.54) is 5.56 Å². The van der Waals surface area contributed by atoms with Crippen LogP contribution in [-0.4, -0.2) is 15.0 Å². The Bertz CT molecular complexity index is 615. The highest BCUT2D eigenvalue weighted by Crippen LogP contribution is 2.31.